The minimum Gasteiger partial charge on any atom is -0.382 e. The third kappa shape index (κ3) is 1.66. The molecule has 2 rings (SSSR count). The molecule has 1 saturated carbocycles. The number of amidine groups is 1. The average Bonchev–Trinajstić information content (AvgIpc) is 3.00. The van der Waals surface area contributed by atoms with Crippen LogP contribution in [0.25, 0.3) is 0 Å². The van der Waals surface area contributed by atoms with Gasteiger partial charge in [-0.3, -0.25) is 5.41 Å². The first-order valence-corrected chi connectivity index (χ1v) is 4.59. The van der Waals surface area contributed by atoms with E-state index in [1.165, 1.54) is 12.8 Å². The SMILES string of the molecule is CN(c1nccc(C(=N)N)n1)C1CC1. The Bertz CT molecular complexity index is 358. The van der Waals surface area contributed by atoms with Crippen molar-refractivity contribution < 1.29 is 0 Å². The molecule has 5 nitrogen and oxygen atoms in total. The minimum absolute atomic E-state index is 0.0159. The number of rotatable bonds is 3. The van der Waals surface area contributed by atoms with Crippen LogP contribution in [0.15, 0.2) is 12.3 Å². The van der Waals surface area contributed by atoms with Crippen molar-refractivity contribution in [2.24, 2.45) is 5.73 Å². The zero-order valence-electron chi connectivity index (χ0n) is 8.07. The summed E-state index contributed by atoms with van der Waals surface area (Å²) in [4.78, 5) is 10.4. The first kappa shape index (κ1) is 8.93. The third-order valence-electron chi connectivity index (χ3n) is 2.33. The lowest BCUT2D eigenvalue weighted by Crippen LogP contribution is -2.23. The Hall–Kier alpha value is -1.65. The van der Waals surface area contributed by atoms with Gasteiger partial charge in [0.25, 0.3) is 0 Å². The van der Waals surface area contributed by atoms with Gasteiger partial charge in [0.15, 0.2) is 0 Å². The van der Waals surface area contributed by atoms with Gasteiger partial charge in [-0.15, -0.1) is 0 Å². The lowest BCUT2D eigenvalue weighted by molar-refractivity contribution is 0.859. The van der Waals surface area contributed by atoms with Crippen molar-refractivity contribution in [1.82, 2.24) is 9.97 Å². The van der Waals surface area contributed by atoms with Crippen LogP contribution < -0.4 is 10.6 Å². The Morgan fingerprint density at radius 1 is 1.64 bits per heavy atom. The summed E-state index contributed by atoms with van der Waals surface area (Å²) in [5.41, 5.74) is 5.84. The van der Waals surface area contributed by atoms with Gasteiger partial charge in [-0.25, -0.2) is 9.97 Å². The quantitative estimate of drug-likeness (QED) is 0.534. The zero-order chi connectivity index (χ0) is 10.1. The number of nitrogen functional groups attached to an aromatic ring is 1. The molecule has 1 aromatic rings. The van der Waals surface area contributed by atoms with Crippen molar-refractivity contribution in [2.75, 3.05) is 11.9 Å². The zero-order valence-corrected chi connectivity index (χ0v) is 8.07. The molecule has 1 aliphatic rings. The standard InChI is InChI=1S/C9H13N5/c1-14(6-2-3-6)9-12-5-4-7(13-9)8(10)11/h4-6H,2-3H2,1H3,(H3,10,11). The van der Waals surface area contributed by atoms with Crippen LogP contribution in [0, 0.1) is 5.41 Å². The molecule has 0 saturated heterocycles. The van der Waals surface area contributed by atoms with Crippen LogP contribution in [0.5, 0.6) is 0 Å². The van der Waals surface area contributed by atoms with Crippen LogP contribution in [0.3, 0.4) is 0 Å². The smallest absolute Gasteiger partial charge is 0.225 e. The van der Waals surface area contributed by atoms with Gasteiger partial charge in [-0.1, -0.05) is 0 Å². The number of hydrogen-bond acceptors (Lipinski definition) is 4. The van der Waals surface area contributed by atoms with E-state index < -0.39 is 0 Å². The normalized spacial score (nSPS) is 15.2. The molecule has 0 atom stereocenters. The lowest BCUT2D eigenvalue weighted by atomic mass is 10.4. The Balaban J connectivity index is 2.24. The van der Waals surface area contributed by atoms with E-state index in [-0.39, 0.29) is 5.84 Å². The van der Waals surface area contributed by atoms with Gasteiger partial charge in [0, 0.05) is 19.3 Å². The highest BCUT2D eigenvalue weighted by molar-refractivity contribution is 5.93. The molecular weight excluding hydrogens is 178 g/mol. The summed E-state index contributed by atoms with van der Waals surface area (Å²) in [6.45, 7) is 0. The second-order valence-electron chi connectivity index (χ2n) is 3.50. The summed E-state index contributed by atoms with van der Waals surface area (Å²) in [6, 6.07) is 2.21. The monoisotopic (exact) mass is 191 g/mol. The van der Waals surface area contributed by atoms with E-state index in [1.807, 2.05) is 11.9 Å². The van der Waals surface area contributed by atoms with Crippen LogP contribution in [-0.2, 0) is 0 Å². The molecule has 0 unspecified atom stereocenters. The molecule has 1 fully saturated rings. The van der Waals surface area contributed by atoms with Crippen LogP contribution in [0.4, 0.5) is 5.95 Å². The van der Waals surface area contributed by atoms with Gasteiger partial charge in [-0.2, -0.15) is 0 Å². The highest BCUT2D eigenvalue weighted by atomic mass is 15.3. The van der Waals surface area contributed by atoms with Crippen LogP contribution >= 0.6 is 0 Å². The fourth-order valence-corrected chi connectivity index (χ4v) is 1.29. The first-order chi connectivity index (χ1) is 6.68. The molecule has 1 heterocycles. The van der Waals surface area contributed by atoms with E-state index in [0.29, 0.717) is 17.7 Å². The predicted molar refractivity (Wildman–Crippen MR) is 54.5 cm³/mol. The predicted octanol–water partition coefficient (Wildman–Crippen LogP) is 0.359. The van der Waals surface area contributed by atoms with E-state index in [0.717, 1.165) is 0 Å². The summed E-state index contributed by atoms with van der Waals surface area (Å²) in [7, 11) is 1.97. The molecule has 14 heavy (non-hydrogen) atoms. The molecule has 0 aromatic carbocycles. The lowest BCUT2D eigenvalue weighted by Gasteiger charge is -2.15. The van der Waals surface area contributed by atoms with Crippen molar-refractivity contribution in [3.8, 4) is 0 Å². The van der Waals surface area contributed by atoms with Gasteiger partial charge in [0.05, 0.1) is 0 Å². The summed E-state index contributed by atoms with van der Waals surface area (Å²) >= 11 is 0. The van der Waals surface area contributed by atoms with E-state index in [9.17, 15) is 0 Å². The summed E-state index contributed by atoms with van der Waals surface area (Å²) in [5.74, 6) is 0.637. The molecule has 0 radical (unpaired) electrons. The Morgan fingerprint density at radius 3 is 2.93 bits per heavy atom. The Kier molecular flexibility index (Phi) is 2.07. The Morgan fingerprint density at radius 2 is 2.36 bits per heavy atom. The van der Waals surface area contributed by atoms with Gasteiger partial charge in [-0.05, 0) is 18.9 Å². The van der Waals surface area contributed by atoms with Gasteiger partial charge < -0.3 is 10.6 Å². The molecule has 0 amide bonds. The maximum atomic E-state index is 7.26. The van der Waals surface area contributed by atoms with Crippen LogP contribution in [-0.4, -0.2) is 28.9 Å². The molecule has 0 aliphatic heterocycles. The third-order valence-corrected chi connectivity index (χ3v) is 2.33. The number of nitrogens with two attached hydrogens (primary N) is 1. The molecule has 0 bridgehead atoms. The minimum atomic E-state index is -0.0159. The second-order valence-corrected chi connectivity index (χ2v) is 3.50. The van der Waals surface area contributed by atoms with Crippen molar-refractivity contribution in [1.29, 1.82) is 5.41 Å². The van der Waals surface area contributed by atoms with Crippen LogP contribution in [0.1, 0.15) is 18.5 Å². The fraction of sp³-hybridized carbons (Fsp3) is 0.444. The number of nitrogens with one attached hydrogen (secondary N) is 1. The molecule has 1 aliphatic carbocycles. The van der Waals surface area contributed by atoms with Gasteiger partial charge >= 0.3 is 0 Å². The maximum absolute atomic E-state index is 7.26. The Labute approximate surface area is 82.5 Å². The second kappa shape index (κ2) is 3.25. The maximum Gasteiger partial charge on any atom is 0.225 e. The topological polar surface area (TPSA) is 78.9 Å². The first-order valence-electron chi connectivity index (χ1n) is 4.59. The average molecular weight is 191 g/mol. The fourth-order valence-electron chi connectivity index (χ4n) is 1.29. The van der Waals surface area contributed by atoms with E-state index in [4.69, 9.17) is 11.1 Å². The molecule has 74 valence electrons. The molecule has 1 aromatic heterocycles. The summed E-state index contributed by atoms with van der Waals surface area (Å²) < 4.78 is 0. The molecule has 0 spiro atoms. The molecule has 3 N–H and O–H groups in total. The van der Waals surface area contributed by atoms with E-state index >= 15 is 0 Å². The highest BCUT2D eigenvalue weighted by Gasteiger charge is 2.27. The van der Waals surface area contributed by atoms with E-state index in [1.54, 1.807) is 12.3 Å². The van der Waals surface area contributed by atoms with Crippen molar-refractivity contribution >= 4 is 11.8 Å². The molecular formula is C9H13N5. The number of aromatic nitrogens is 2. The van der Waals surface area contributed by atoms with E-state index in [2.05, 4.69) is 9.97 Å². The summed E-state index contributed by atoms with van der Waals surface area (Å²) in [6.07, 6.45) is 4.03. The van der Waals surface area contributed by atoms with Crippen molar-refractivity contribution in [3.05, 3.63) is 18.0 Å². The molecule has 5 heteroatoms. The van der Waals surface area contributed by atoms with Crippen LogP contribution in [0.2, 0.25) is 0 Å². The largest absolute Gasteiger partial charge is 0.382 e. The van der Waals surface area contributed by atoms with Crippen molar-refractivity contribution in [3.63, 3.8) is 0 Å². The van der Waals surface area contributed by atoms with Gasteiger partial charge in [0.2, 0.25) is 5.95 Å². The van der Waals surface area contributed by atoms with Crippen molar-refractivity contribution in [2.45, 2.75) is 18.9 Å². The highest BCUT2D eigenvalue weighted by Crippen LogP contribution is 2.27. The number of anilines is 1. The van der Waals surface area contributed by atoms with Gasteiger partial charge in [0.1, 0.15) is 11.5 Å². The summed E-state index contributed by atoms with van der Waals surface area (Å²) in [5, 5.41) is 7.26. The number of nitrogens with zero attached hydrogens (tertiary/aromatic N) is 3. The number of hydrogen-bond donors (Lipinski definition) is 2.